The number of hydrogen-bond acceptors (Lipinski definition) is 2. The van der Waals surface area contributed by atoms with Gasteiger partial charge in [-0.1, -0.05) is 30.9 Å². The van der Waals surface area contributed by atoms with E-state index in [1.165, 1.54) is 32.4 Å². The summed E-state index contributed by atoms with van der Waals surface area (Å²) < 4.78 is 0. The van der Waals surface area contributed by atoms with Crippen LogP contribution in [0.2, 0.25) is 12.1 Å². The van der Waals surface area contributed by atoms with Crippen molar-refractivity contribution in [2.45, 2.75) is 63.7 Å². The Labute approximate surface area is 132 Å². The van der Waals surface area contributed by atoms with Crippen molar-refractivity contribution >= 4 is 8.96 Å². The molecule has 2 fully saturated rings. The molecule has 3 rings (SSSR count). The second-order valence-electron chi connectivity index (χ2n) is 8.32. The highest BCUT2D eigenvalue weighted by atomic mass is 28.3. The van der Waals surface area contributed by atoms with E-state index in [1.807, 2.05) is 0 Å². The molecule has 0 aromatic heterocycles. The molecule has 3 heteroatoms. The van der Waals surface area contributed by atoms with Crippen molar-refractivity contribution in [1.82, 2.24) is 9.88 Å². The van der Waals surface area contributed by atoms with Crippen LogP contribution in [0.25, 0.3) is 0 Å². The lowest BCUT2D eigenvalue weighted by atomic mass is 9.89. The van der Waals surface area contributed by atoms with Crippen LogP contribution in [0.5, 0.6) is 0 Å². The molecular formula is C18H32N2Si. The van der Waals surface area contributed by atoms with Gasteiger partial charge in [0.05, 0.1) is 0 Å². The maximum Gasteiger partial charge on any atom is 0.110 e. The molecule has 1 saturated carbocycles. The first-order valence-corrected chi connectivity index (χ1v) is 11.2. The lowest BCUT2D eigenvalue weighted by Gasteiger charge is -2.32. The molecule has 0 radical (unpaired) electrons. The highest BCUT2D eigenvalue weighted by molar-refractivity contribution is 6.56. The minimum Gasteiger partial charge on any atom is -0.335 e. The molecular weight excluding hydrogens is 272 g/mol. The van der Waals surface area contributed by atoms with E-state index in [-0.39, 0.29) is 5.54 Å². The van der Waals surface area contributed by atoms with Crippen LogP contribution in [-0.4, -0.2) is 38.5 Å². The third-order valence-electron chi connectivity index (χ3n) is 5.59. The van der Waals surface area contributed by atoms with Gasteiger partial charge in [-0.2, -0.15) is 0 Å². The molecule has 21 heavy (non-hydrogen) atoms. The van der Waals surface area contributed by atoms with Crippen molar-refractivity contribution in [1.29, 1.82) is 0 Å². The fourth-order valence-electron chi connectivity index (χ4n) is 4.84. The van der Waals surface area contributed by atoms with Crippen molar-refractivity contribution in [2.24, 2.45) is 11.8 Å². The highest BCUT2D eigenvalue weighted by Gasteiger charge is 2.46. The first-order chi connectivity index (χ1) is 9.96. The van der Waals surface area contributed by atoms with Crippen molar-refractivity contribution in [3.05, 3.63) is 24.3 Å². The van der Waals surface area contributed by atoms with E-state index in [2.05, 4.69) is 61.5 Å². The average Bonchev–Trinajstić information content (AvgIpc) is 3.03. The number of allylic oxidation sites excluding steroid dienone is 3. The van der Waals surface area contributed by atoms with Crippen LogP contribution < -0.4 is 4.98 Å². The van der Waals surface area contributed by atoms with E-state index in [1.54, 1.807) is 0 Å². The summed E-state index contributed by atoms with van der Waals surface area (Å²) in [6.07, 6.45) is 13.8. The molecule has 0 bridgehead atoms. The summed E-state index contributed by atoms with van der Waals surface area (Å²) in [5.74, 6) is 1.56. The zero-order valence-electron chi connectivity index (χ0n) is 14.2. The predicted molar refractivity (Wildman–Crippen MR) is 94.1 cm³/mol. The predicted octanol–water partition coefficient (Wildman–Crippen LogP) is 3.32. The summed E-state index contributed by atoms with van der Waals surface area (Å²) in [6.45, 7) is 12.2. The minimum atomic E-state index is -0.917. The Balaban J connectivity index is 1.75. The largest absolute Gasteiger partial charge is 0.335 e. The minimum absolute atomic E-state index is 0.265. The summed E-state index contributed by atoms with van der Waals surface area (Å²) in [4.78, 5) is 6.76. The normalized spacial score (nSPS) is 37.9. The summed E-state index contributed by atoms with van der Waals surface area (Å²) in [7, 11) is -0.917. The molecule has 2 aliphatic carbocycles. The van der Waals surface area contributed by atoms with E-state index < -0.39 is 8.96 Å². The standard InChI is InChI=1S/C18H32N2Si/c1-18(2,3)19-21(4)17-13-16(20-11-7-8-12-20)14-9-5-6-10-15(14)17/h5-6,9-10,14-17,19,21H,7-8,11-13H2,1-4H3. The Kier molecular flexibility index (Phi) is 4.44. The van der Waals surface area contributed by atoms with Gasteiger partial charge in [0.15, 0.2) is 0 Å². The van der Waals surface area contributed by atoms with E-state index in [0.29, 0.717) is 0 Å². The Morgan fingerprint density at radius 1 is 1.05 bits per heavy atom. The second-order valence-corrected chi connectivity index (χ2v) is 11.0. The summed E-state index contributed by atoms with van der Waals surface area (Å²) in [5, 5.41) is 0. The molecule has 2 nitrogen and oxygen atoms in total. The quantitative estimate of drug-likeness (QED) is 0.805. The number of hydrogen-bond donors (Lipinski definition) is 1. The zero-order chi connectivity index (χ0) is 15.0. The molecule has 0 spiro atoms. The van der Waals surface area contributed by atoms with Crippen LogP contribution in [0.4, 0.5) is 0 Å². The lowest BCUT2D eigenvalue weighted by molar-refractivity contribution is 0.210. The van der Waals surface area contributed by atoms with Gasteiger partial charge >= 0.3 is 0 Å². The highest BCUT2D eigenvalue weighted by Crippen LogP contribution is 2.48. The van der Waals surface area contributed by atoms with Gasteiger partial charge in [-0.25, -0.2) is 0 Å². The molecule has 1 aliphatic heterocycles. The van der Waals surface area contributed by atoms with Crippen molar-refractivity contribution < 1.29 is 0 Å². The second kappa shape index (κ2) is 6.02. The Morgan fingerprint density at radius 2 is 1.67 bits per heavy atom. The number of nitrogens with zero attached hydrogens (tertiary/aromatic N) is 1. The number of likely N-dealkylation sites (tertiary alicyclic amines) is 1. The van der Waals surface area contributed by atoms with Gasteiger partial charge in [0.25, 0.3) is 0 Å². The van der Waals surface area contributed by atoms with E-state index in [4.69, 9.17) is 0 Å². The first kappa shape index (κ1) is 15.5. The summed E-state index contributed by atoms with van der Waals surface area (Å²) in [5.41, 5.74) is 1.17. The van der Waals surface area contributed by atoms with Crippen LogP contribution in [0, 0.1) is 11.8 Å². The molecule has 5 atom stereocenters. The van der Waals surface area contributed by atoms with Crippen LogP contribution in [-0.2, 0) is 0 Å². The molecule has 0 aromatic carbocycles. The maximum absolute atomic E-state index is 3.97. The molecule has 0 aromatic rings. The average molecular weight is 305 g/mol. The van der Waals surface area contributed by atoms with Gasteiger partial charge in [-0.3, -0.25) is 4.90 Å². The Hall–Kier alpha value is -0.383. The maximum atomic E-state index is 3.97. The molecule has 118 valence electrons. The van der Waals surface area contributed by atoms with Crippen molar-refractivity contribution in [2.75, 3.05) is 13.1 Å². The van der Waals surface area contributed by atoms with Crippen LogP contribution in [0.3, 0.4) is 0 Å². The van der Waals surface area contributed by atoms with Crippen LogP contribution >= 0.6 is 0 Å². The Morgan fingerprint density at radius 3 is 2.29 bits per heavy atom. The molecule has 1 heterocycles. The SMILES string of the molecule is C[SiH](NC(C)(C)C)C1CC(N2CCCC2)C2C=CC=CC21. The van der Waals surface area contributed by atoms with Gasteiger partial charge in [-0.15, -0.1) is 0 Å². The van der Waals surface area contributed by atoms with Crippen molar-refractivity contribution in [3.8, 4) is 0 Å². The van der Waals surface area contributed by atoms with E-state index in [0.717, 1.165) is 23.4 Å². The number of rotatable bonds is 3. The van der Waals surface area contributed by atoms with Gasteiger partial charge in [0.1, 0.15) is 8.96 Å². The molecule has 5 unspecified atom stereocenters. The van der Waals surface area contributed by atoms with Gasteiger partial charge in [-0.05, 0) is 70.5 Å². The van der Waals surface area contributed by atoms with E-state index in [9.17, 15) is 0 Å². The fourth-order valence-corrected chi connectivity index (χ4v) is 8.16. The number of fused-ring (bicyclic) bond motifs is 1. The zero-order valence-corrected chi connectivity index (χ0v) is 15.3. The summed E-state index contributed by atoms with van der Waals surface area (Å²) in [6, 6.07) is 0.806. The summed E-state index contributed by atoms with van der Waals surface area (Å²) >= 11 is 0. The molecule has 1 N–H and O–H groups in total. The molecule has 1 saturated heterocycles. The van der Waals surface area contributed by atoms with Gasteiger partial charge in [0, 0.05) is 11.6 Å². The Bertz CT molecular complexity index is 417. The third-order valence-corrected chi connectivity index (χ3v) is 8.91. The fraction of sp³-hybridized carbons (Fsp3) is 0.778. The monoisotopic (exact) mass is 304 g/mol. The van der Waals surface area contributed by atoms with Crippen LogP contribution in [0.15, 0.2) is 24.3 Å². The van der Waals surface area contributed by atoms with Gasteiger partial charge in [0.2, 0.25) is 0 Å². The van der Waals surface area contributed by atoms with Crippen LogP contribution in [0.1, 0.15) is 40.0 Å². The number of nitrogens with one attached hydrogen (secondary N) is 1. The molecule has 0 amide bonds. The third kappa shape index (κ3) is 3.35. The van der Waals surface area contributed by atoms with E-state index >= 15 is 0 Å². The van der Waals surface area contributed by atoms with Crippen molar-refractivity contribution in [3.63, 3.8) is 0 Å². The first-order valence-electron chi connectivity index (χ1n) is 8.82. The van der Waals surface area contributed by atoms with Gasteiger partial charge < -0.3 is 4.98 Å². The lowest BCUT2D eigenvalue weighted by Crippen LogP contribution is -2.48. The molecule has 3 aliphatic rings. The topological polar surface area (TPSA) is 15.3 Å². The smallest absolute Gasteiger partial charge is 0.110 e.